The van der Waals surface area contributed by atoms with Gasteiger partial charge >= 0.3 is 5.97 Å². The molecule has 3 rings (SSSR count). The predicted molar refractivity (Wildman–Crippen MR) is 116 cm³/mol. The molecule has 2 amide bonds. The highest BCUT2D eigenvalue weighted by Crippen LogP contribution is 2.20. The first-order valence-electron chi connectivity index (χ1n) is 9.34. The number of rotatable bonds is 7. The minimum absolute atomic E-state index is 0.0827. The third kappa shape index (κ3) is 5.48. The highest BCUT2D eigenvalue weighted by Gasteiger charge is 2.22. The minimum Gasteiger partial charge on any atom is -0.465 e. The van der Waals surface area contributed by atoms with Crippen molar-refractivity contribution in [1.29, 1.82) is 0 Å². The van der Waals surface area contributed by atoms with Crippen molar-refractivity contribution in [3.63, 3.8) is 0 Å². The third-order valence-electron chi connectivity index (χ3n) is 4.23. The smallest absolute Gasteiger partial charge is 0.337 e. The summed E-state index contributed by atoms with van der Waals surface area (Å²) >= 11 is 1.14. The molecule has 32 heavy (non-hydrogen) atoms. The number of anilines is 1. The van der Waals surface area contributed by atoms with Crippen LogP contribution in [0.15, 0.2) is 33.8 Å². The topological polar surface area (TPSA) is 150 Å². The number of ether oxygens (including phenoxy) is 1. The lowest BCUT2D eigenvalue weighted by Crippen LogP contribution is -2.28. The number of esters is 1. The molecular weight excluding hydrogens is 460 g/mol. The third-order valence-corrected chi connectivity index (χ3v) is 6.66. The number of nitrogens with zero attached hydrogens (tertiary/aromatic N) is 3. The average Bonchev–Trinajstić information content (AvgIpc) is 3.27. The highest BCUT2D eigenvalue weighted by atomic mass is 32.2. The zero-order valence-corrected chi connectivity index (χ0v) is 19.1. The van der Waals surface area contributed by atoms with Gasteiger partial charge in [-0.1, -0.05) is 16.5 Å². The molecular formula is C19H20N4O7S2. The molecule has 1 aromatic carbocycles. The summed E-state index contributed by atoms with van der Waals surface area (Å²) in [6.07, 6.45) is 0. The molecule has 0 spiro atoms. The number of aryl methyl sites for hydroxylation is 2. The first-order chi connectivity index (χ1) is 15.1. The van der Waals surface area contributed by atoms with Crippen LogP contribution in [0.1, 0.15) is 23.0 Å². The van der Waals surface area contributed by atoms with Crippen molar-refractivity contribution < 1.29 is 32.1 Å². The van der Waals surface area contributed by atoms with Crippen molar-refractivity contribution >= 4 is 55.0 Å². The van der Waals surface area contributed by atoms with Gasteiger partial charge in [-0.2, -0.15) is 4.99 Å². The number of thiazole rings is 1. The van der Waals surface area contributed by atoms with E-state index in [0.29, 0.717) is 22.6 Å². The predicted octanol–water partition coefficient (Wildman–Crippen LogP) is 1.29. The number of benzene rings is 1. The summed E-state index contributed by atoms with van der Waals surface area (Å²) in [5.74, 6) is -3.54. The first-order valence-corrected chi connectivity index (χ1v) is 12.0. The molecule has 3 aromatic rings. The summed E-state index contributed by atoms with van der Waals surface area (Å²) in [6, 6.07) is 6.35. The standard InChI is InChI=1S/C19H20N4O7S2/c1-4-23-13-6-5-12(18(26)29-3)8-14(13)31-19(23)21-17(25)10-32(27,28)9-16(24)20-15-7-11(2)30-22-15/h5-8H,4,9-10H2,1-3H3,(H,20,22,24). The number of carbonyl (C=O) groups excluding carboxylic acids is 3. The summed E-state index contributed by atoms with van der Waals surface area (Å²) < 4.78 is 36.5. The van der Waals surface area contributed by atoms with E-state index in [1.165, 1.54) is 13.2 Å². The van der Waals surface area contributed by atoms with E-state index in [2.05, 4.69) is 15.5 Å². The van der Waals surface area contributed by atoms with Crippen LogP contribution < -0.4 is 10.1 Å². The summed E-state index contributed by atoms with van der Waals surface area (Å²) in [7, 11) is -2.79. The van der Waals surface area contributed by atoms with E-state index in [-0.39, 0.29) is 10.6 Å². The summed E-state index contributed by atoms with van der Waals surface area (Å²) in [4.78, 5) is 40.3. The monoisotopic (exact) mass is 480 g/mol. The molecule has 13 heteroatoms. The molecule has 0 aliphatic heterocycles. The molecule has 0 atom stereocenters. The molecule has 0 unspecified atom stereocenters. The Bertz CT molecular complexity index is 1370. The number of aromatic nitrogens is 2. The van der Waals surface area contributed by atoms with Crippen molar-refractivity contribution in [3.8, 4) is 0 Å². The Kier molecular flexibility index (Phi) is 6.89. The van der Waals surface area contributed by atoms with E-state index >= 15 is 0 Å². The van der Waals surface area contributed by atoms with Crippen molar-refractivity contribution in [2.24, 2.45) is 4.99 Å². The number of hydrogen-bond acceptors (Lipinski definition) is 9. The Morgan fingerprint density at radius 1 is 1.25 bits per heavy atom. The number of methoxy groups -OCH3 is 1. The quantitative estimate of drug-likeness (QED) is 0.497. The molecule has 0 fully saturated rings. The van der Waals surface area contributed by atoms with E-state index < -0.39 is 39.1 Å². The van der Waals surface area contributed by atoms with Crippen LogP contribution in [-0.4, -0.2) is 54.5 Å². The van der Waals surface area contributed by atoms with Gasteiger partial charge in [0, 0.05) is 12.6 Å². The second-order valence-corrected chi connectivity index (χ2v) is 9.79. The molecule has 170 valence electrons. The Labute approximate surface area is 186 Å². The Hall–Kier alpha value is -3.32. The van der Waals surface area contributed by atoms with E-state index in [1.54, 1.807) is 29.7 Å². The van der Waals surface area contributed by atoms with E-state index in [0.717, 1.165) is 16.9 Å². The Morgan fingerprint density at radius 2 is 2.00 bits per heavy atom. The molecule has 0 aliphatic carbocycles. The van der Waals surface area contributed by atoms with Gasteiger partial charge in [0.1, 0.15) is 17.3 Å². The second-order valence-electron chi connectivity index (χ2n) is 6.71. The molecule has 1 N–H and O–H groups in total. The van der Waals surface area contributed by atoms with Gasteiger partial charge < -0.3 is 19.1 Å². The molecule has 0 radical (unpaired) electrons. The van der Waals surface area contributed by atoms with Gasteiger partial charge in [-0.3, -0.25) is 9.59 Å². The van der Waals surface area contributed by atoms with Gasteiger partial charge in [0.05, 0.1) is 22.9 Å². The van der Waals surface area contributed by atoms with Crippen LogP contribution in [0.4, 0.5) is 5.82 Å². The highest BCUT2D eigenvalue weighted by molar-refractivity contribution is 7.92. The molecule has 2 aromatic heterocycles. The lowest BCUT2D eigenvalue weighted by Gasteiger charge is -2.03. The summed E-state index contributed by atoms with van der Waals surface area (Å²) in [6.45, 7) is 3.93. The Morgan fingerprint density at radius 3 is 2.62 bits per heavy atom. The molecule has 0 saturated carbocycles. The Balaban J connectivity index is 1.78. The first kappa shape index (κ1) is 23.3. The fraction of sp³-hybridized carbons (Fsp3) is 0.316. The average molecular weight is 481 g/mol. The van der Waals surface area contributed by atoms with Crippen LogP contribution in [0.5, 0.6) is 0 Å². The van der Waals surface area contributed by atoms with Gasteiger partial charge in [-0.15, -0.1) is 0 Å². The normalized spacial score (nSPS) is 12.2. The van der Waals surface area contributed by atoms with Crippen LogP contribution in [-0.2, 0) is 30.7 Å². The van der Waals surface area contributed by atoms with E-state index in [1.807, 2.05) is 6.92 Å². The van der Waals surface area contributed by atoms with Crippen molar-refractivity contribution in [2.75, 3.05) is 23.9 Å². The fourth-order valence-corrected chi connectivity index (χ4v) is 5.06. The van der Waals surface area contributed by atoms with Crippen molar-refractivity contribution in [2.45, 2.75) is 20.4 Å². The van der Waals surface area contributed by atoms with Crippen LogP contribution in [0.25, 0.3) is 10.2 Å². The van der Waals surface area contributed by atoms with Crippen LogP contribution in [0.3, 0.4) is 0 Å². The maximum atomic E-state index is 12.4. The maximum absolute atomic E-state index is 12.4. The summed E-state index contributed by atoms with van der Waals surface area (Å²) in [5, 5.41) is 5.84. The van der Waals surface area contributed by atoms with Crippen molar-refractivity contribution in [3.05, 3.63) is 40.4 Å². The zero-order chi connectivity index (χ0) is 23.5. The number of amides is 2. The number of nitrogens with one attached hydrogen (secondary N) is 1. The van der Waals surface area contributed by atoms with Gasteiger partial charge in [0.15, 0.2) is 20.5 Å². The number of carbonyl (C=O) groups is 3. The summed E-state index contributed by atoms with van der Waals surface area (Å²) in [5.41, 5.74) is 1.08. The van der Waals surface area contributed by atoms with E-state index in [9.17, 15) is 22.8 Å². The maximum Gasteiger partial charge on any atom is 0.337 e. The fourth-order valence-electron chi connectivity index (χ4n) is 2.89. The minimum atomic E-state index is -4.06. The molecule has 11 nitrogen and oxygen atoms in total. The van der Waals surface area contributed by atoms with E-state index in [4.69, 9.17) is 9.26 Å². The van der Waals surface area contributed by atoms with Gasteiger partial charge in [-0.25, -0.2) is 13.2 Å². The SMILES string of the molecule is CCn1c(=NC(=O)CS(=O)(=O)CC(=O)Nc2cc(C)on2)sc2cc(C(=O)OC)ccc21. The van der Waals surface area contributed by atoms with Gasteiger partial charge in [-0.05, 0) is 32.0 Å². The van der Waals surface area contributed by atoms with Gasteiger partial charge in [0.25, 0.3) is 5.91 Å². The molecule has 0 bridgehead atoms. The zero-order valence-electron chi connectivity index (χ0n) is 17.4. The molecule has 2 heterocycles. The number of fused-ring (bicyclic) bond motifs is 1. The lowest BCUT2D eigenvalue weighted by atomic mass is 10.2. The second kappa shape index (κ2) is 9.44. The van der Waals surface area contributed by atoms with Crippen molar-refractivity contribution in [1.82, 2.24) is 9.72 Å². The largest absolute Gasteiger partial charge is 0.465 e. The van der Waals surface area contributed by atoms with Crippen LogP contribution in [0.2, 0.25) is 0 Å². The van der Waals surface area contributed by atoms with Crippen LogP contribution >= 0.6 is 11.3 Å². The molecule has 0 aliphatic rings. The number of sulfone groups is 1. The number of hydrogen-bond donors (Lipinski definition) is 1. The lowest BCUT2D eigenvalue weighted by molar-refractivity contribution is -0.115. The molecule has 0 saturated heterocycles. The van der Waals surface area contributed by atoms with Gasteiger partial charge in [0.2, 0.25) is 5.91 Å². The van der Waals surface area contributed by atoms with Crippen LogP contribution in [0, 0.1) is 6.92 Å².